The molecule has 0 heterocycles. The Kier molecular flexibility index (Phi) is 4.37. The molecule has 0 spiro atoms. The maximum Gasteiger partial charge on any atom is 0.167 e. The summed E-state index contributed by atoms with van der Waals surface area (Å²) < 4.78 is 18.4. The molecule has 0 fully saturated rings. The summed E-state index contributed by atoms with van der Waals surface area (Å²) in [6.45, 7) is 4.31. The topological polar surface area (TPSA) is 41.5 Å². The maximum atomic E-state index is 13.3. The summed E-state index contributed by atoms with van der Waals surface area (Å²) in [5.41, 5.74) is 0.636. The lowest BCUT2D eigenvalue weighted by Gasteiger charge is -2.10. The van der Waals surface area contributed by atoms with Crippen molar-refractivity contribution in [2.75, 3.05) is 18.5 Å². The van der Waals surface area contributed by atoms with Crippen LogP contribution in [0, 0.1) is 5.82 Å². The van der Waals surface area contributed by atoms with Crippen molar-refractivity contribution < 1.29 is 14.2 Å². The van der Waals surface area contributed by atoms with Gasteiger partial charge in [0.25, 0.3) is 0 Å². The van der Waals surface area contributed by atoms with Gasteiger partial charge in [-0.05, 0) is 26.0 Å². The van der Waals surface area contributed by atoms with Gasteiger partial charge in [0.05, 0.1) is 12.7 Å². The van der Waals surface area contributed by atoms with Gasteiger partial charge in [0, 0.05) is 18.3 Å². The number of benzene rings is 1. The minimum Gasteiger partial charge on any atom is -0.491 e. The van der Waals surface area contributed by atoms with Gasteiger partial charge in [-0.3, -0.25) is 0 Å². The van der Waals surface area contributed by atoms with Crippen molar-refractivity contribution in [1.82, 2.24) is 0 Å². The number of ether oxygens (including phenoxy) is 1. The van der Waals surface area contributed by atoms with Crippen LogP contribution in [0.25, 0.3) is 0 Å². The molecule has 2 N–H and O–H groups in total. The fourth-order valence-corrected chi connectivity index (χ4v) is 1.15. The van der Waals surface area contributed by atoms with Gasteiger partial charge >= 0.3 is 0 Å². The standard InChI is InChI=1S/C11H16FNO2/c1-3-15-11-5-4-9(6-10(11)12)13-7-8(2)14/h4-6,8,13-14H,3,7H2,1-2H3. The first-order valence-electron chi connectivity index (χ1n) is 4.97. The zero-order chi connectivity index (χ0) is 11.3. The van der Waals surface area contributed by atoms with Crippen molar-refractivity contribution in [3.63, 3.8) is 0 Å². The molecular formula is C11H16FNO2. The lowest BCUT2D eigenvalue weighted by atomic mass is 10.2. The van der Waals surface area contributed by atoms with E-state index in [0.717, 1.165) is 0 Å². The first-order chi connectivity index (χ1) is 7.13. The second-order valence-corrected chi connectivity index (χ2v) is 3.31. The summed E-state index contributed by atoms with van der Waals surface area (Å²) in [6, 6.07) is 4.65. The minimum atomic E-state index is -0.459. The number of aliphatic hydroxyl groups excluding tert-OH is 1. The molecule has 1 aromatic carbocycles. The Morgan fingerprint density at radius 2 is 2.27 bits per heavy atom. The zero-order valence-electron chi connectivity index (χ0n) is 8.96. The number of rotatable bonds is 5. The highest BCUT2D eigenvalue weighted by atomic mass is 19.1. The smallest absolute Gasteiger partial charge is 0.167 e. The number of hydrogen-bond donors (Lipinski definition) is 2. The summed E-state index contributed by atoms with van der Waals surface area (Å²) in [6.07, 6.45) is -0.459. The van der Waals surface area contributed by atoms with Crippen molar-refractivity contribution in [2.45, 2.75) is 20.0 Å². The second kappa shape index (κ2) is 5.56. The molecule has 3 nitrogen and oxygen atoms in total. The lowest BCUT2D eigenvalue weighted by Crippen LogP contribution is -2.15. The van der Waals surface area contributed by atoms with Crippen LogP contribution in [-0.2, 0) is 0 Å². The molecule has 1 unspecified atom stereocenters. The molecule has 0 aliphatic carbocycles. The van der Waals surface area contributed by atoms with Crippen LogP contribution in [0.4, 0.5) is 10.1 Å². The summed E-state index contributed by atoms with van der Waals surface area (Å²) in [5, 5.41) is 11.9. The third kappa shape index (κ3) is 3.75. The Bertz CT molecular complexity index is 315. The summed E-state index contributed by atoms with van der Waals surface area (Å²) >= 11 is 0. The van der Waals surface area contributed by atoms with Crippen LogP contribution >= 0.6 is 0 Å². The molecule has 0 aromatic heterocycles. The normalized spacial score (nSPS) is 12.3. The van der Waals surface area contributed by atoms with Gasteiger partial charge < -0.3 is 15.2 Å². The van der Waals surface area contributed by atoms with E-state index in [1.165, 1.54) is 6.07 Å². The van der Waals surface area contributed by atoms with Crippen molar-refractivity contribution in [1.29, 1.82) is 0 Å². The number of nitrogens with one attached hydrogen (secondary N) is 1. The van der Waals surface area contributed by atoms with Crippen LogP contribution in [0.2, 0.25) is 0 Å². The Morgan fingerprint density at radius 3 is 2.80 bits per heavy atom. The molecule has 1 rings (SSSR count). The van der Waals surface area contributed by atoms with E-state index in [-0.39, 0.29) is 5.75 Å². The molecule has 1 atom stereocenters. The highest BCUT2D eigenvalue weighted by molar-refractivity contribution is 5.47. The summed E-state index contributed by atoms with van der Waals surface area (Å²) in [5.74, 6) is -0.146. The average molecular weight is 213 g/mol. The molecule has 0 amide bonds. The average Bonchev–Trinajstić information content (AvgIpc) is 2.19. The van der Waals surface area contributed by atoms with Gasteiger partial charge in [0.2, 0.25) is 0 Å². The summed E-state index contributed by atoms with van der Waals surface area (Å²) in [7, 11) is 0. The zero-order valence-corrected chi connectivity index (χ0v) is 8.96. The number of halogens is 1. The molecule has 0 aliphatic rings. The highest BCUT2D eigenvalue weighted by Crippen LogP contribution is 2.20. The SMILES string of the molecule is CCOc1ccc(NCC(C)O)cc1F. The van der Waals surface area contributed by atoms with E-state index < -0.39 is 11.9 Å². The van der Waals surface area contributed by atoms with Crippen molar-refractivity contribution in [3.8, 4) is 5.75 Å². The van der Waals surface area contributed by atoms with E-state index in [1.54, 1.807) is 26.0 Å². The van der Waals surface area contributed by atoms with Gasteiger partial charge in [-0.1, -0.05) is 0 Å². The predicted octanol–water partition coefficient (Wildman–Crippen LogP) is 2.02. The van der Waals surface area contributed by atoms with E-state index in [1.807, 2.05) is 0 Å². The number of anilines is 1. The van der Waals surface area contributed by atoms with Crippen molar-refractivity contribution in [3.05, 3.63) is 24.0 Å². The molecule has 0 saturated carbocycles. The molecule has 1 aromatic rings. The molecule has 84 valence electrons. The minimum absolute atomic E-state index is 0.250. The Hall–Kier alpha value is -1.29. The molecule has 0 bridgehead atoms. The molecule has 4 heteroatoms. The largest absolute Gasteiger partial charge is 0.491 e. The van der Waals surface area contributed by atoms with Gasteiger partial charge in [-0.2, -0.15) is 0 Å². The Balaban J connectivity index is 2.64. The monoisotopic (exact) mass is 213 g/mol. The van der Waals surface area contributed by atoms with Crippen LogP contribution in [0.5, 0.6) is 5.75 Å². The molecule has 0 radical (unpaired) electrons. The molecular weight excluding hydrogens is 197 g/mol. The van der Waals surface area contributed by atoms with Crippen molar-refractivity contribution in [2.24, 2.45) is 0 Å². The Labute approximate surface area is 88.9 Å². The van der Waals surface area contributed by atoms with Crippen LogP contribution in [0.15, 0.2) is 18.2 Å². The second-order valence-electron chi connectivity index (χ2n) is 3.31. The molecule has 0 saturated heterocycles. The quantitative estimate of drug-likeness (QED) is 0.786. The third-order valence-electron chi connectivity index (χ3n) is 1.83. The van der Waals surface area contributed by atoms with Crippen LogP contribution in [0.1, 0.15) is 13.8 Å². The first kappa shape index (κ1) is 11.8. The first-order valence-corrected chi connectivity index (χ1v) is 4.97. The fourth-order valence-electron chi connectivity index (χ4n) is 1.15. The third-order valence-corrected chi connectivity index (χ3v) is 1.83. The van der Waals surface area contributed by atoms with E-state index in [4.69, 9.17) is 9.84 Å². The summed E-state index contributed by atoms with van der Waals surface area (Å²) in [4.78, 5) is 0. The van der Waals surface area contributed by atoms with E-state index in [2.05, 4.69) is 5.32 Å². The van der Waals surface area contributed by atoms with Crippen LogP contribution in [0.3, 0.4) is 0 Å². The van der Waals surface area contributed by atoms with Gasteiger partial charge in [-0.15, -0.1) is 0 Å². The molecule has 15 heavy (non-hydrogen) atoms. The maximum absolute atomic E-state index is 13.3. The highest BCUT2D eigenvalue weighted by Gasteiger charge is 2.04. The lowest BCUT2D eigenvalue weighted by molar-refractivity contribution is 0.208. The van der Waals surface area contributed by atoms with Gasteiger partial charge in [0.15, 0.2) is 11.6 Å². The molecule has 0 aliphatic heterocycles. The van der Waals surface area contributed by atoms with Gasteiger partial charge in [-0.25, -0.2) is 4.39 Å². The van der Waals surface area contributed by atoms with Crippen LogP contribution < -0.4 is 10.1 Å². The predicted molar refractivity (Wildman–Crippen MR) is 57.7 cm³/mol. The van der Waals surface area contributed by atoms with E-state index in [9.17, 15) is 4.39 Å². The van der Waals surface area contributed by atoms with Gasteiger partial charge in [0.1, 0.15) is 0 Å². The Morgan fingerprint density at radius 1 is 1.53 bits per heavy atom. The van der Waals surface area contributed by atoms with Crippen molar-refractivity contribution >= 4 is 5.69 Å². The van der Waals surface area contributed by atoms with E-state index >= 15 is 0 Å². The van der Waals surface area contributed by atoms with E-state index in [0.29, 0.717) is 18.8 Å². The number of aliphatic hydroxyl groups is 1. The fraction of sp³-hybridized carbons (Fsp3) is 0.455. The van der Waals surface area contributed by atoms with Crippen LogP contribution in [-0.4, -0.2) is 24.4 Å². The number of hydrogen-bond acceptors (Lipinski definition) is 3.